The number of amides is 1. The van der Waals surface area contributed by atoms with Crippen LogP contribution in [0.4, 0.5) is 14.5 Å². The molecule has 0 unspecified atom stereocenters. The maximum Gasteiger partial charge on any atom is 0.272 e. The SMILES string of the molecule is O=C(Nc1ccc2c(c1)CNCO2)c1cc2cc(F)ccc2n1Cc1cccc(F)c1. The number of benzene rings is 3. The van der Waals surface area contributed by atoms with Gasteiger partial charge < -0.3 is 14.6 Å². The van der Waals surface area contributed by atoms with Gasteiger partial charge in [-0.05, 0) is 60.2 Å². The Labute approximate surface area is 177 Å². The van der Waals surface area contributed by atoms with E-state index in [1.54, 1.807) is 34.9 Å². The lowest BCUT2D eigenvalue weighted by molar-refractivity contribution is 0.101. The molecule has 0 saturated carbocycles. The van der Waals surface area contributed by atoms with Gasteiger partial charge in [0.25, 0.3) is 5.91 Å². The van der Waals surface area contributed by atoms with Crippen LogP contribution in [-0.4, -0.2) is 17.2 Å². The van der Waals surface area contributed by atoms with Gasteiger partial charge in [-0.3, -0.25) is 10.1 Å². The lowest BCUT2D eigenvalue weighted by Gasteiger charge is -2.19. The van der Waals surface area contributed by atoms with Crippen molar-refractivity contribution >= 4 is 22.5 Å². The van der Waals surface area contributed by atoms with Crippen molar-refractivity contribution in [3.8, 4) is 5.75 Å². The number of nitrogens with one attached hydrogen (secondary N) is 2. The molecule has 0 bridgehead atoms. The van der Waals surface area contributed by atoms with Gasteiger partial charge in [-0.1, -0.05) is 12.1 Å². The summed E-state index contributed by atoms with van der Waals surface area (Å²) < 4.78 is 34.8. The molecular weight excluding hydrogens is 400 g/mol. The number of fused-ring (bicyclic) bond motifs is 2. The van der Waals surface area contributed by atoms with Gasteiger partial charge in [0.2, 0.25) is 0 Å². The number of anilines is 1. The van der Waals surface area contributed by atoms with E-state index >= 15 is 0 Å². The molecule has 0 saturated heterocycles. The summed E-state index contributed by atoms with van der Waals surface area (Å²) in [6.45, 7) is 1.38. The van der Waals surface area contributed by atoms with Crippen LogP contribution in [0.3, 0.4) is 0 Å². The first kappa shape index (κ1) is 19.3. The summed E-state index contributed by atoms with van der Waals surface area (Å²) in [5.41, 5.74) is 3.33. The zero-order valence-corrected chi connectivity index (χ0v) is 16.5. The highest BCUT2D eigenvalue weighted by Crippen LogP contribution is 2.27. The van der Waals surface area contributed by atoms with Crippen molar-refractivity contribution in [2.75, 3.05) is 12.0 Å². The average Bonchev–Trinajstić information content (AvgIpc) is 3.11. The number of aromatic nitrogens is 1. The molecular formula is C24H19F2N3O2. The Hall–Kier alpha value is -3.71. The highest BCUT2D eigenvalue weighted by Gasteiger charge is 2.18. The van der Waals surface area contributed by atoms with Crippen molar-refractivity contribution in [3.63, 3.8) is 0 Å². The Bertz CT molecular complexity index is 1300. The van der Waals surface area contributed by atoms with E-state index in [-0.39, 0.29) is 24.1 Å². The third-order valence-corrected chi connectivity index (χ3v) is 5.29. The van der Waals surface area contributed by atoms with E-state index in [1.165, 1.54) is 24.3 Å². The summed E-state index contributed by atoms with van der Waals surface area (Å²) >= 11 is 0. The van der Waals surface area contributed by atoms with Crippen LogP contribution < -0.4 is 15.4 Å². The minimum atomic E-state index is -0.385. The Morgan fingerprint density at radius 3 is 2.77 bits per heavy atom. The third-order valence-electron chi connectivity index (χ3n) is 5.29. The average molecular weight is 419 g/mol. The van der Waals surface area contributed by atoms with E-state index < -0.39 is 0 Å². The Balaban J connectivity index is 1.51. The van der Waals surface area contributed by atoms with Gasteiger partial charge in [0.1, 0.15) is 29.8 Å². The predicted molar refractivity (Wildman–Crippen MR) is 114 cm³/mol. The minimum Gasteiger partial charge on any atom is -0.478 e. The number of carbonyl (C=O) groups is 1. The molecule has 5 nitrogen and oxygen atoms in total. The van der Waals surface area contributed by atoms with Gasteiger partial charge in [-0.25, -0.2) is 8.78 Å². The van der Waals surface area contributed by atoms with Gasteiger partial charge in [-0.15, -0.1) is 0 Å². The maximum absolute atomic E-state index is 13.8. The van der Waals surface area contributed by atoms with E-state index in [2.05, 4.69) is 10.6 Å². The van der Waals surface area contributed by atoms with E-state index in [1.807, 2.05) is 12.1 Å². The minimum absolute atomic E-state index is 0.275. The number of ether oxygens (including phenoxy) is 1. The number of rotatable bonds is 4. The number of halogens is 2. The molecule has 0 atom stereocenters. The van der Waals surface area contributed by atoms with Crippen LogP contribution >= 0.6 is 0 Å². The van der Waals surface area contributed by atoms with Crippen molar-refractivity contribution in [3.05, 3.63) is 95.2 Å². The molecule has 1 aliphatic heterocycles. The molecule has 0 radical (unpaired) electrons. The first-order chi connectivity index (χ1) is 15.1. The fourth-order valence-electron chi connectivity index (χ4n) is 3.86. The summed E-state index contributed by atoms with van der Waals surface area (Å²) in [7, 11) is 0. The third kappa shape index (κ3) is 3.87. The molecule has 1 aliphatic rings. The zero-order chi connectivity index (χ0) is 21.4. The summed E-state index contributed by atoms with van der Waals surface area (Å²) in [6, 6.07) is 17.7. The number of hydrogen-bond acceptors (Lipinski definition) is 3. The largest absolute Gasteiger partial charge is 0.478 e. The fraction of sp³-hybridized carbons (Fsp3) is 0.125. The number of carbonyl (C=O) groups excluding carboxylic acids is 1. The number of nitrogens with zero attached hydrogens (tertiary/aromatic N) is 1. The highest BCUT2D eigenvalue weighted by atomic mass is 19.1. The van der Waals surface area contributed by atoms with Crippen LogP contribution in [0.1, 0.15) is 21.6 Å². The van der Waals surface area contributed by atoms with Crippen LogP contribution in [0, 0.1) is 11.6 Å². The second-order valence-corrected chi connectivity index (χ2v) is 7.44. The summed E-state index contributed by atoms with van der Waals surface area (Å²) in [5, 5.41) is 6.62. The molecule has 0 fully saturated rings. The van der Waals surface area contributed by atoms with E-state index in [4.69, 9.17) is 4.74 Å². The summed E-state index contributed by atoms with van der Waals surface area (Å²) in [6.07, 6.45) is 0. The topological polar surface area (TPSA) is 55.3 Å². The Morgan fingerprint density at radius 2 is 1.90 bits per heavy atom. The van der Waals surface area contributed by atoms with Gasteiger partial charge in [0.05, 0.1) is 0 Å². The van der Waals surface area contributed by atoms with Crippen molar-refractivity contribution in [1.82, 2.24) is 9.88 Å². The lowest BCUT2D eigenvalue weighted by Crippen LogP contribution is -2.25. The molecule has 2 N–H and O–H groups in total. The van der Waals surface area contributed by atoms with Gasteiger partial charge in [0.15, 0.2) is 0 Å². The molecule has 5 rings (SSSR count). The van der Waals surface area contributed by atoms with E-state index in [0.29, 0.717) is 41.1 Å². The number of hydrogen-bond donors (Lipinski definition) is 2. The summed E-state index contributed by atoms with van der Waals surface area (Å²) in [4.78, 5) is 13.2. The van der Waals surface area contributed by atoms with Crippen LogP contribution in [-0.2, 0) is 13.1 Å². The Morgan fingerprint density at radius 1 is 1.03 bits per heavy atom. The summed E-state index contributed by atoms with van der Waals surface area (Å²) in [5.74, 6) is -0.287. The van der Waals surface area contributed by atoms with Crippen molar-refractivity contribution in [1.29, 1.82) is 0 Å². The van der Waals surface area contributed by atoms with E-state index in [9.17, 15) is 13.6 Å². The van der Waals surface area contributed by atoms with Gasteiger partial charge in [0, 0.05) is 35.2 Å². The normalized spacial score (nSPS) is 13.0. The standard InChI is InChI=1S/C24H19F2N3O2/c25-18-3-1-2-15(8-18)13-29-21-6-4-19(26)9-16(21)11-22(29)24(30)28-20-5-7-23-17(10-20)12-27-14-31-23/h1-11,27H,12-14H2,(H,28,30). The molecule has 2 heterocycles. The molecule has 0 aliphatic carbocycles. The van der Waals surface area contributed by atoms with Gasteiger partial charge >= 0.3 is 0 Å². The van der Waals surface area contributed by atoms with Gasteiger partial charge in [-0.2, -0.15) is 0 Å². The molecule has 156 valence electrons. The maximum atomic E-state index is 13.8. The highest BCUT2D eigenvalue weighted by molar-refractivity contribution is 6.06. The van der Waals surface area contributed by atoms with Crippen LogP contribution in [0.2, 0.25) is 0 Å². The van der Waals surface area contributed by atoms with Crippen molar-refractivity contribution in [2.45, 2.75) is 13.1 Å². The first-order valence-corrected chi connectivity index (χ1v) is 9.88. The second-order valence-electron chi connectivity index (χ2n) is 7.44. The van der Waals surface area contributed by atoms with E-state index in [0.717, 1.165) is 11.3 Å². The first-order valence-electron chi connectivity index (χ1n) is 9.88. The van der Waals surface area contributed by atoms with Crippen molar-refractivity contribution < 1.29 is 18.3 Å². The monoisotopic (exact) mass is 419 g/mol. The molecule has 1 aromatic heterocycles. The second kappa shape index (κ2) is 7.85. The Kier molecular flexibility index (Phi) is 4.88. The molecule has 1 amide bonds. The quantitative estimate of drug-likeness (QED) is 0.506. The zero-order valence-electron chi connectivity index (χ0n) is 16.5. The fourth-order valence-corrected chi connectivity index (χ4v) is 3.86. The van der Waals surface area contributed by atoms with Crippen LogP contribution in [0.15, 0.2) is 66.7 Å². The van der Waals surface area contributed by atoms with Crippen LogP contribution in [0.25, 0.3) is 10.9 Å². The smallest absolute Gasteiger partial charge is 0.272 e. The predicted octanol–water partition coefficient (Wildman–Crippen LogP) is 4.66. The molecule has 7 heteroatoms. The van der Waals surface area contributed by atoms with Crippen molar-refractivity contribution in [2.24, 2.45) is 0 Å². The molecule has 4 aromatic rings. The molecule has 31 heavy (non-hydrogen) atoms. The molecule has 0 spiro atoms. The molecule has 3 aromatic carbocycles. The lowest BCUT2D eigenvalue weighted by atomic mass is 10.1. The van der Waals surface area contributed by atoms with Crippen LogP contribution in [0.5, 0.6) is 5.75 Å².